The molecule has 0 atom stereocenters. The van der Waals surface area contributed by atoms with Gasteiger partial charge < -0.3 is 15.4 Å². The van der Waals surface area contributed by atoms with Crippen LogP contribution < -0.4 is 16.0 Å². The fraction of sp³-hybridized carbons (Fsp3) is 0.250. The number of nitrogens with zero attached hydrogens (tertiary/aromatic N) is 1. The molecule has 28 heavy (non-hydrogen) atoms. The fourth-order valence-corrected chi connectivity index (χ4v) is 2.55. The Bertz CT molecular complexity index is 876. The molecular formula is C20H20F3N3O2. The fourth-order valence-electron chi connectivity index (χ4n) is 2.55. The molecular weight excluding hydrogens is 371 g/mol. The van der Waals surface area contributed by atoms with Crippen LogP contribution >= 0.6 is 0 Å². The van der Waals surface area contributed by atoms with Crippen molar-refractivity contribution in [2.45, 2.75) is 19.6 Å². The van der Waals surface area contributed by atoms with Gasteiger partial charge in [-0.25, -0.2) is 4.79 Å². The normalized spacial score (nSPS) is 10.8. The van der Waals surface area contributed by atoms with E-state index < -0.39 is 17.8 Å². The van der Waals surface area contributed by atoms with E-state index in [-0.39, 0.29) is 25.4 Å². The zero-order valence-electron chi connectivity index (χ0n) is 15.2. The summed E-state index contributed by atoms with van der Waals surface area (Å²) in [5, 5.41) is 2.51. The van der Waals surface area contributed by atoms with Crippen molar-refractivity contribution in [3.63, 3.8) is 0 Å². The van der Waals surface area contributed by atoms with E-state index in [1.807, 2.05) is 0 Å². The Balaban J connectivity index is 2.23. The molecule has 2 rings (SSSR count). The second-order valence-electron chi connectivity index (χ2n) is 5.88. The van der Waals surface area contributed by atoms with Crippen molar-refractivity contribution in [1.29, 1.82) is 0 Å². The SMILES string of the molecule is C#CCN(Cc1cccc(C(F)(F)F)c1)c1ccc(NC(=O)OCC)c(N)c1. The summed E-state index contributed by atoms with van der Waals surface area (Å²) in [5.41, 5.74) is 6.96. The van der Waals surface area contributed by atoms with Crippen molar-refractivity contribution in [1.82, 2.24) is 0 Å². The number of ether oxygens (including phenoxy) is 1. The molecule has 0 aliphatic rings. The standard InChI is InChI=1S/C20H20F3N3O2/c1-3-10-26(13-14-6-5-7-15(11-14)20(21,22)23)16-8-9-18(17(24)12-16)25-19(27)28-4-2/h1,5-9,11-12H,4,10,13,24H2,2H3,(H,25,27). The van der Waals surface area contributed by atoms with Crippen molar-refractivity contribution in [2.24, 2.45) is 0 Å². The number of anilines is 3. The average molecular weight is 391 g/mol. The van der Waals surface area contributed by atoms with Crippen LogP contribution in [-0.2, 0) is 17.5 Å². The molecule has 148 valence electrons. The predicted molar refractivity (Wildman–Crippen MR) is 103 cm³/mol. The zero-order chi connectivity index (χ0) is 20.7. The summed E-state index contributed by atoms with van der Waals surface area (Å²) >= 11 is 0. The first-order valence-electron chi connectivity index (χ1n) is 8.42. The summed E-state index contributed by atoms with van der Waals surface area (Å²) < 4.78 is 43.6. The summed E-state index contributed by atoms with van der Waals surface area (Å²) in [7, 11) is 0. The van der Waals surface area contributed by atoms with Gasteiger partial charge in [-0.2, -0.15) is 13.2 Å². The molecule has 3 N–H and O–H groups in total. The first-order valence-corrected chi connectivity index (χ1v) is 8.42. The summed E-state index contributed by atoms with van der Waals surface area (Å²) in [6.45, 7) is 2.23. The number of nitrogens with two attached hydrogens (primary N) is 1. The van der Waals surface area contributed by atoms with Crippen LogP contribution in [0.5, 0.6) is 0 Å². The minimum Gasteiger partial charge on any atom is -0.450 e. The topological polar surface area (TPSA) is 67.6 Å². The monoisotopic (exact) mass is 391 g/mol. The zero-order valence-corrected chi connectivity index (χ0v) is 15.2. The van der Waals surface area contributed by atoms with E-state index in [2.05, 4.69) is 11.2 Å². The maximum absolute atomic E-state index is 12.9. The van der Waals surface area contributed by atoms with Crippen molar-refractivity contribution < 1.29 is 22.7 Å². The molecule has 8 heteroatoms. The van der Waals surface area contributed by atoms with Crippen LogP contribution in [-0.4, -0.2) is 19.2 Å². The van der Waals surface area contributed by atoms with Gasteiger partial charge in [0.1, 0.15) is 0 Å². The van der Waals surface area contributed by atoms with E-state index >= 15 is 0 Å². The minimum absolute atomic E-state index is 0.165. The number of alkyl halides is 3. The number of nitrogens with one attached hydrogen (secondary N) is 1. The molecule has 2 aromatic carbocycles. The number of rotatable bonds is 6. The first-order chi connectivity index (χ1) is 13.2. The van der Waals surface area contributed by atoms with E-state index in [9.17, 15) is 18.0 Å². The van der Waals surface area contributed by atoms with Crippen molar-refractivity contribution >= 4 is 23.2 Å². The van der Waals surface area contributed by atoms with Gasteiger partial charge in [0.25, 0.3) is 0 Å². The molecule has 0 aromatic heterocycles. The number of terminal acetylenes is 1. The third-order valence-electron chi connectivity index (χ3n) is 3.82. The third kappa shape index (κ3) is 5.58. The van der Waals surface area contributed by atoms with Crippen LogP contribution in [0.2, 0.25) is 0 Å². The number of carbonyl (C=O) groups is 1. The van der Waals surface area contributed by atoms with Gasteiger partial charge >= 0.3 is 12.3 Å². The Morgan fingerprint density at radius 2 is 2.04 bits per heavy atom. The Labute approximate surface area is 161 Å². The molecule has 0 unspecified atom stereocenters. The number of amides is 1. The molecule has 0 fully saturated rings. The van der Waals surface area contributed by atoms with E-state index in [4.69, 9.17) is 16.9 Å². The maximum atomic E-state index is 12.9. The highest BCUT2D eigenvalue weighted by Crippen LogP contribution is 2.31. The van der Waals surface area contributed by atoms with Gasteiger partial charge in [0.05, 0.1) is 30.1 Å². The minimum atomic E-state index is -4.42. The third-order valence-corrected chi connectivity index (χ3v) is 3.82. The van der Waals surface area contributed by atoms with E-state index in [1.54, 1.807) is 36.1 Å². The quantitative estimate of drug-likeness (QED) is 0.562. The second kappa shape index (κ2) is 9.04. The van der Waals surface area contributed by atoms with Gasteiger partial charge in [0.2, 0.25) is 0 Å². The lowest BCUT2D eigenvalue weighted by Gasteiger charge is -2.24. The Kier molecular flexibility index (Phi) is 6.77. The van der Waals surface area contributed by atoms with Crippen LogP contribution in [0.15, 0.2) is 42.5 Å². The Hall–Kier alpha value is -3.34. The van der Waals surface area contributed by atoms with Gasteiger partial charge in [0.15, 0.2) is 0 Å². The van der Waals surface area contributed by atoms with Gasteiger partial charge in [-0.15, -0.1) is 6.42 Å². The number of nitrogen functional groups attached to an aromatic ring is 1. The largest absolute Gasteiger partial charge is 0.450 e. The molecule has 0 bridgehead atoms. The summed E-state index contributed by atoms with van der Waals surface area (Å²) in [6, 6.07) is 9.89. The predicted octanol–water partition coefficient (Wildman–Crippen LogP) is 4.50. The number of hydrogen-bond acceptors (Lipinski definition) is 4. The smallest absolute Gasteiger partial charge is 0.416 e. The number of halogens is 3. The van der Waals surface area contributed by atoms with Gasteiger partial charge in [0, 0.05) is 12.2 Å². The molecule has 5 nitrogen and oxygen atoms in total. The second-order valence-corrected chi connectivity index (χ2v) is 5.88. The number of hydrogen-bond donors (Lipinski definition) is 2. The van der Waals surface area contributed by atoms with Crippen LogP contribution in [0.25, 0.3) is 0 Å². The van der Waals surface area contributed by atoms with Gasteiger partial charge in [-0.3, -0.25) is 5.32 Å². The van der Waals surface area contributed by atoms with Crippen molar-refractivity contribution in [2.75, 3.05) is 29.1 Å². The Morgan fingerprint density at radius 3 is 2.64 bits per heavy atom. The van der Waals surface area contributed by atoms with E-state index in [0.29, 0.717) is 16.9 Å². The summed E-state index contributed by atoms with van der Waals surface area (Å²) in [6.07, 6.45) is 0.358. The lowest BCUT2D eigenvalue weighted by molar-refractivity contribution is -0.137. The lowest BCUT2D eigenvalue weighted by Crippen LogP contribution is -2.23. The van der Waals surface area contributed by atoms with E-state index in [0.717, 1.165) is 12.1 Å². The molecule has 2 aromatic rings. The highest BCUT2D eigenvalue weighted by atomic mass is 19.4. The van der Waals surface area contributed by atoms with Crippen LogP contribution in [0.1, 0.15) is 18.1 Å². The molecule has 0 saturated carbocycles. The maximum Gasteiger partial charge on any atom is 0.416 e. The molecule has 0 radical (unpaired) electrons. The summed E-state index contributed by atoms with van der Waals surface area (Å²) in [4.78, 5) is 13.2. The highest BCUT2D eigenvalue weighted by molar-refractivity contribution is 5.89. The molecule has 0 saturated heterocycles. The molecule has 0 spiro atoms. The number of benzene rings is 2. The summed E-state index contributed by atoms with van der Waals surface area (Å²) in [5.74, 6) is 2.49. The van der Waals surface area contributed by atoms with Crippen LogP contribution in [0.3, 0.4) is 0 Å². The van der Waals surface area contributed by atoms with Crippen LogP contribution in [0.4, 0.5) is 35.0 Å². The first kappa shape index (κ1) is 21.0. The molecule has 0 heterocycles. The Morgan fingerprint density at radius 1 is 1.29 bits per heavy atom. The molecule has 0 aliphatic heterocycles. The van der Waals surface area contributed by atoms with Crippen molar-refractivity contribution in [3.8, 4) is 12.3 Å². The lowest BCUT2D eigenvalue weighted by atomic mass is 10.1. The van der Waals surface area contributed by atoms with Gasteiger partial charge in [-0.1, -0.05) is 18.1 Å². The highest BCUT2D eigenvalue weighted by Gasteiger charge is 2.30. The molecule has 1 amide bonds. The van der Waals surface area contributed by atoms with Gasteiger partial charge in [-0.05, 0) is 42.8 Å². The van der Waals surface area contributed by atoms with Crippen LogP contribution in [0, 0.1) is 12.3 Å². The molecule has 0 aliphatic carbocycles. The van der Waals surface area contributed by atoms with Crippen molar-refractivity contribution in [3.05, 3.63) is 53.6 Å². The number of carbonyl (C=O) groups excluding carboxylic acids is 1. The average Bonchev–Trinajstić information content (AvgIpc) is 2.63. The van der Waals surface area contributed by atoms with E-state index in [1.165, 1.54) is 6.07 Å².